The molecule has 2 rings (SSSR count). The van der Waals surface area contributed by atoms with Crippen LogP contribution in [0.2, 0.25) is 0 Å². The highest BCUT2D eigenvalue weighted by atomic mass is 16.6. The molecule has 3 amide bonds. The SMILES string of the molecule is C=CCN(C(=O)C(CO)NC(=O)OC(C)(C)C)C(C(=O)NCc1ccccc1)c1cc(C)ccc1C. The molecule has 194 valence electrons. The van der Waals surface area contributed by atoms with E-state index in [0.29, 0.717) is 5.56 Å². The van der Waals surface area contributed by atoms with Gasteiger partial charge >= 0.3 is 6.09 Å². The lowest BCUT2D eigenvalue weighted by Gasteiger charge is -2.34. The molecular weight excluding hydrogens is 458 g/mol. The lowest BCUT2D eigenvalue weighted by molar-refractivity contribution is -0.142. The number of hydrogen-bond acceptors (Lipinski definition) is 5. The van der Waals surface area contributed by atoms with Crippen LogP contribution in [0.25, 0.3) is 0 Å². The van der Waals surface area contributed by atoms with Gasteiger partial charge in [0.05, 0.1) is 6.61 Å². The Balaban J connectivity index is 2.43. The molecule has 2 aromatic rings. The van der Waals surface area contributed by atoms with E-state index < -0.39 is 42.2 Å². The molecule has 36 heavy (non-hydrogen) atoms. The Kier molecular flexibility index (Phi) is 10.2. The highest BCUT2D eigenvalue weighted by molar-refractivity contribution is 5.92. The topological polar surface area (TPSA) is 108 Å². The van der Waals surface area contributed by atoms with E-state index in [2.05, 4.69) is 17.2 Å². The molecule has 0 aliphatic carbocycles. The number of amides is 3. The van der Waals surface area contributed by atoms with Gasteiger partial charge in [0.15, 0.2) is 0 Å². The number of carbonyl (C=O) groups excluding carboxylic acids is 3. The second-order valence-corrected chi connectivity index (χ2v) is 9.63. The van der Waals surface area contributed by atoms with Crippen molar-refractivity contribution >= 4 is 17.9 Å². The van der Waals surface area contributed by atoms with E-state index in [1.54, 1.807) is 20.8 Å². The van der Waals surface area contributed by atoms with Crippen molar-refractivity contribution in [1.82, 2.24) is 15.5 Å². The van der Waals surface area contributed by atoms with Crippen LogP contribution in [0.1, 0.15) is 49.1 Å². The summed E-state index contributed by atoms with van der Waals surface area (Å²) in [6.07, 6.45) is 0.660. The van der Waals surface area contributed by atoms with E-state index in [0.717, 1.165) is 16.7 Å². The molecule has 0 radical (unpaired) electrons. The smallest absolute Gasteiger partial charge is 0.408 e. The van der Waals surface area contributed by atoms with E-state index >= 15 is 0 Å². The number of aliphatic hydroxyl groups excluding tert-OH is 1. The highest BCUT2D eigenvalue weighted by Gasteiger charge is 2.36. The first-order valence-electron chi connectivity index (χ1n) is 11.9. The van der Waals surface area contributed by atoms with Crippen LogP contribution in [0.15, 0.2) is 61.2 Å². The van der Waals surface area contributed by atoms with Crippen LogP contribution in [0.4, 0.5) is 4.79 Å². The van der Waals surface area contributed by atoms with Crippen molar-refractivity contribution in [3.05, 3.63) is 83.4 Å². The number of nitrogens with zero attached hydrogens (tertiary/aromatic N) is 1. The quantitative estimate of drug-likeness (QED) is 0.437. The zero-order valence-corrected chi connectivity index (χ0v) is 21.7. The van der Waals surface area contributed by atoms with E-state index in [9.17, 15) is 19.5 Å². The lowest BCUT2D eigenvalue weighted by atomic mass is 9.96. The van der Waals surface area contributed by atoms with E-state index in [1.807, 2.05) is 62.4 Å². The average molecular weight is 496 g/mol. The molecule has 0 aliphatic heterocycles. The molecule has 8 heteroatoms. The van der Waals surface area contributed by atoms with Crippen molar-refractivity contribution in [2.75, 3.05) is 13.2 Å². The van der Waals surface area contributed by atoms with Crippen molar-refractivity contribution in [2.45, 2.75) is 58.8 Å². The highest BCUT2D eigenvalue weighted by Crippen LogP contribution is 2.27. The lowest BCUT2D eigenvalue weighted by Crippen LogP contribution is -2.54. The summed E-state index contributed by atoms with van der Waals surface area (Å²) < 4.78 is 5.24. The molecule has 0 fully saturated rings. The molecule has 0 bridgehead atoms. The summed E-state index contributed by atoms with van der Waals surface area (Å²) in [6.45, 7) is 12.2. The van der Waals surface area contributed by atoms with Crippen molar-refractivity contribution in [3.63, 3.8) is 0 Å². The van der Waals surface area contributed by atoms with Gasteiger partial charge in [0.25, 0.3) is 0 Å². The maximum atomic E-state index is 13.6. The molecule has 0 aromatic heterocycles. The number of rotatable bonds is 10. The number of carbonyl (C=O) groups is 3. The second kappa shape index (κ2) is 12.9. The number of alkyl carbamates (subject to hydrolysis) is 1. The maximum Gasteiger partial charge on any atom is 0.408 e. The minimum atomic E-state index is -1.31. The fourth-order valence-corrected chi connectivity index (χ4v) is 3.68. The Morgan fingerprint density at radius 1 is 1.11 bits per heavy atom. The molecule has 0 saturated carbocycles. The van der Waals surface area contributed by atoms with Gasteiger partial charge in [-0.05, 0) is 51.3 Å². The van der Waals surface area contributed by atoms with Gasteiger partial charge in [-0.15, -0.1) is 6.58 Å². The first-order valence-corrected chi connectivity index (χ1v) is 11.9. The Morgan fingerprint density at radius 2 is 1.78 bits per heavy atom. The van der Waals surface area contributed by atoms with Gasteiger partial charge in [-0.1, -0.05) is 60.2 Å². The third-order valence-corrected chi connectivity index (χ3v) is 5.38. The van der Waals surface area contributed by atoms with Crippen molar-refractivity contribution in [2.24, 2.45) is 0 Å². The van der Waals surface area contributed by atoms with Crippen molar-refractivity contribution < 1.29 is 24.2 Å². The normalized spacial score (nSPS) is 12.7. The van der Waals surface area contributed by atoms with E-state index in [4.69, 9.17) is 4.74 Å². The minimum Gasteiger partial charge on any atom is -0.444 e. The van der Waals surface area contributed by atoms with Gasteiger partial charge in [0.2, 0.25) is 11.8 Å². The predicted octanol–water partition coefficient (Wildman–Crippen LogP) is 3.56. The molecular formula is C28H37N3O5. The Hall–Kier alpha value is -3.65. The number of nitrogens with one attached hydrogen (secondary N) is 2. The summed E-state index contributed by atoms with van der Waals surface area (Å²) in [7, 11) is 0. The Morgan fingerprint density at radius 3 is 2.36 bits per heavy atom. The molecule has 2 aromatic carbocycles. The van der Waals surface area contributed by atoms with E-state index in [-0.39, 0.29) is 13.1 Å². The molecule has 0 saturated heterocycles. The Bertz CT molecular complexity index is 1060. The van der Waals surface area contributed by atoms with Crippen molar-refractivity contribution in [1.29, 1.82) is 0 Å². The predicted molar refractivity (Wildman–Crippen MR) is 139 cm³/mol. The first kappa shape index (κ1) is 28.6. The number of ether oxygens (including phenoxy) is 1. The minimum absolute atomic E-state index is 0.0160. The van der Waals surface area contributed by atoms with Gasteiger partial charge in [0, 0.05) is 13.1 Å². The zero-order chi connectivity index (χ0) is 26.9. The second-order valence-electron chi connectivity index (χ2n) is 9.63. The molecule has 0 heterocycles. The summed E-state index contributed by atoms with van der Waals surface area (Å²) in [6, 6.07) is 12.8. The van der Waals surface area contributed by atoms with Crippen LogP contribution in [-0.4, -0.2) is 52.7 Å². The fraction of sp³-hybridized carbons (Fsp3) is 0.393. The standard InChI is InChI=1S/C28H37N3O5/c1-7-15-31(26(34)23(18-32)30-27(35)36-28(4,5)6)24(22-16-19(2)13-14-20(22)3)25(33)29-17-21-11-9-8-10-12-21/h7-14,16,23-24,32H,1,15,17-18H2,2-6H3,(H,29,33)(H,30,35). The monoisotopic (exact) mass is 495 g/mol. The van der Waals surface area contributed by atoms with E-state index in [1.165, 1.54) is 11.0 Å². The summed E-state index contributed by atoms with van der Waals surface area (Å²) in [5.74, 6) is -1.03. The van der Waals surface area contributed by atoms with Gasteiger partial charge in [0.1, 0.15) is 17.7 Å². The number of aliphatic hydroxyl groups is 1. The summed E-state index contributed by atoms with van der Waals surface area (Å²) >= 11 is 0. The largest absolute Gasteiger partial charge is 0.444 e. The third kappa shape index (κ3) is 8.23. The van der Waals surface area contributed by atoms with Crippen LogP contribution < -0.4 is 10.6 Å². The fourth-order valence-electron chi connectivity index (χ4n) is 3.68. The molecule has 3 N–H and O–H groups in total. The van der Waals surface area contributed by atoms with Gasteiger partial charge in [-0.3, -0.25) is 9.59 Å². The summed E-state index contributed by atoms with van der Waals surface area (Å²) in [5.41, 5.74) is 2.51. The molecule has 0 spiro atoms. The molecule has 2 atom stereocenters. The van der Waals surface area contributed by atoms with Gasteiger partial charge in [-0.25, -0.2) is 4.79 Å². The average Bonchev–Trinajstić information content (AvgIpc) is 2.82. The van der Waals surface area contributed by atoms with Gasteiger partial charge in [-0.2, -0.15) is 0 Å². The number of benzene rings is 2. The summed E-state index contributed by atoms with van der Waals surface area (Å²) in [5, 5.41) is 15.3. The molecule has 0 aliphatic rings. The van der Waals surface area contributed by atoms with Crippen molar-refractivity contribution in [3.8, 4) is 0 Å². The van der Waals surface area contributed by atoms with Crippen LogP contribution >= 0.6 is 0 Å². The van der Waals surface area contributed by atoms with Crippen LogP contribution in [0, 0.1) is 13.8 Å². The number of hydrogen-bond donors (Lipinski definition) is 3. The number of aryl methyl sites for hydroxylation is 2. The van der Waals surface area contributed by atoms with Crippen LogP contribution in [-0.2, 0) is 20.9 Å². The zero-order valence-electron chi connectivity index (χ0n) is 21.7. The molecule has 2 unspecified atom stereocenters. The molecule has 8 nitrogen and oxygen atoms in total. The van der Waals surface area contributed by atoms with Crippen LogP contribution in [0.5, 0.6) is 0 Å². The third-order valence-electron chi connectivity index (χ3n) is 5.38. The first-order chi connectivity index (χ1) is 17.0. The van der Waals surface area contributed by atoms with Crippen LogP contribution in [0.3, 0.4) is 0 Å². The maximum absolute atomic E-state index is 13.6. The summed E-state index contributed by atoms with van der Waals surface area (Å²) in [4.78, 5) is 40.9. The van der Waals surface area contributed by atoms with Gasteiger partial charge < -0.3 is 25.4 Å². The Labute approximate surface area is 213 Å².